The molecule has 0 aromatic rings. The number of amides is 3. The lowest BCUT2D eigenvalue weighted by atomic mass is 10.1. The first-order valence-electron chi connectivity index (χ1n) is 5.16. The van der Waals surface area contributed by atoms with Crippen LogP contribution in [0.1, 0.15) is 20.8 Å². The highest BCUT2D eigenvalue weighted by atomic mass is 35.5. The first kappa shape index (κ1) is 13.3. The summed E-state index contributed by atoms with van der Waals surface area (Å²) in [5, 5.41) is 0. The van der Waals surface area contributed by atoms with Crippen LogP contribution in [-0.4, -0.2) is 58.6 Å². The molecule has 1 aliphatic rings. The number of quaternary nitrogens is 1. The van der Waals surface area contributed by atoms with Gasteiger partial charge >= 0.3 is 6.03 Å². The highest BCUT2D eigenvalue weighted by molar-refractivity contribution is 6.28. The molecule has 5 nitrogen and oxygen atoms in total. The molecule has 0 aromatic heterocycles. The van der Waals surface area contributed by atoms with Crippen LogP contribution in [0.25, 0.3) is 0 Å². The molecule has 0 aliphatic carbocycles. The van der Waals surface area contributed by atoms with Crippen LogP contribution in [0.2, 0.25) is 0 Å². The second-order valence-electron chi connectivity index (χ2n) is 5.55. The van der Waals surface area contributed by atoms with Crippen LogP contribution in [-0.2, 0) is 4.79 Å². The van der Waals surface area contributed by atoms with Crippen LogP contribution in [0, 0.1) is 0 Å². The summed E-state index contributed by atoms with van der Waals surface area (Å²) in [4.78, 5) is 25.2. The Morgan fingerprint density at radius 3 is 1.94 bits per heavy atom. The summed E-state index contributed by atoms with van der Waals surface area (Å²) in [5.41, 5.74) is -0.970. The second kappa shape index (κ2) is 3.60. The average molecular weight is 249 g/mol. The summed E-state index contributed by atoms with van der Waals surface area (Å²) in [6.07, 6.45) is -0.247. The SMILES string of the molecule is CC(N1C(=O)N(Cl)C(C)(C)C1=O)[N+](C)(C)C. The fourth-order valence-corrected chi connectivity index (χ4v) is 1.63. The van der Waals surface area contributed by atoms with Gasteiger partial charge in [0.2, 0.25) is 0 Å². The van der Waals surface area contributed by atoms with Crippen LogP contribution >= 0.6 is 11.8 Å². The quantitative estimate of drug-likeness (QED) is 0.419. The summed E-state index contributed by atoms with van der Waals surface area (Å²) < 4.78 is 1.46. The van der Waals surface area contributed by atoms with E-state index in [0.29, 0.717) is 4.48 Å². The summed E-state index contributed by atoms with van der Waals surface area (Å²) >= 11 is 5.85. The van der Waals surface area contributed by atoms with Gasteiger partial charge in [-0.05, 0) is 13.8 Å². The Morgan fingerprint density at radius 2 is 1.69 bits per heavy atom. The summed E-state index contributed by atoms with van der Waals surface area (Å²) in [6, 6.07) is -0.447. The molecule has 0 saturated carbocycles. The molecule has 0 aromatic carbocycles. The van der Waals surface area contributed by atoms with Crippen molar-refractivity contribution in [3.05, 3.63) is 0 Å². The summed E-state index contributed by atoms with van der Waals surface area (Å²) in [7, 11) is 5.78. The minimum atomic E-state index is -0.970. The van der Waals surface area contributed by atoms with Crippen molar-refractivity contribution in [1.82, 2.24) is 9.32 Å². The van der Waals surface area contributed by atoms with E-state index in [9.17, 15) is 9.59 Å². The summed E-state index contributed by atoms with van der Waals surface area (Å²) in [5.74, 6) is -0.256. The predicted octanol–water partition coefficient (Wildman–Crippen LogP) is 1.24. The Morgan fingerprint density at radius 1 is 1.25 bits per heavy atom. The van der Waals surface area contributed by atoms with Crippen molar-refractivity contribution < 1.29 is 14.1 Å². The van der Waals surface area contributed by atoms with E-state index in [1.165, 1.54) is 4.90 Å². The van der Waals surface area contributed by atoms with Crippen molar-refractivity contribution >= 4 is 23.7 Å². The molecule has 1 fully saturated rings. The Labute approximate surface area is 101 Å². The van der Waals surface area contributed by atoms with E-state index in [1.54, 1.807) is 13.8 Å². The molecule has 0 radical (unpaired) electrons. The fraction of sp³-hybridized carbons (Fsp3) is 0.800. The van der Waals surface area contributed by atoms with Gasteiger partial charge in [-0.1, -0.05) is 0 Å². The van der Waals surface area contributed by atoms with Crippen LogP contribution < -0.4 is 0 Å². The lowest BCUT2D eigenvalue weighted by Gasteiger charge is -2.35. The Balaban J connectivity index is 3.10. The highest BCUT2D eigenvalue weighted by Gasteiger charge is 2.55. The van der Waals surface area contributed by atoms with Crippen molar-refractivity contribution in [3.8, 4) is 0 Å². The van der Waals surface area contributed by atoms with Gasteiger partial charge in [0, 0.05) is 18.7 Å². The number of urea groups is 1. The highest BCUT2D eigenvalue weighted by Crippen LogP contribution is 2.31. The molecule has 1 rings (SSSR count). The monoisotopic (exact) mass is 248 g/mol. The third-order valence-electron chi connectivity index (χ3n) is 3.10. The number of carbonyl (C=O) groups is 2. The lowest BCUT2D eigenvalue weighted by molar-refractivity contribution is -0.902. The van der Waals surface area contributed by atoms with E-state index >= 15 is 0 Å². The van der Waals surface area contributed by atoms with Crippen molar-refractivity contribution in [3.63, 3.8) is 0 Å². The molecule has 3 amide bonds. The first-order valence-corrected chi connectivity index (χ1v) is 5.50. The molecule has 16 heavy (non-hydrogen) atoms. The van der Waals surface area contributed by atoms with Crippen LogP contribution in [0.4, 0.5) is 4.79 Å². The largest absolute Gasteiger partial charge is 0.347 e. The number of halogens is 1. The van der Waals surface area contributed by atoms with Crippen LogP contribution in [0.15, 0.2) is 0 Å². The lowest BCUT2D eigenvalue weighted by Crippen LogP contribution is -2.56. The molecule has 0 spiro atoms. The molecule has 1 atom stereocenters. The molecule has 1 heterocycles. The van der Waals surface area contributed by atoms with Gasteiger partial charge in [-0.25, -0.2) is 14.1 Å². The van der Waals surface area contributed by atoms with Gasteiger partial charge in [0.05, 0.1) is 21.1 Å². The zero-order chi connectivity index (χ0) is 12.9. The molecule has 92 valence electrons. The molecule has 1 aliphatic heterocycles. The van der Waals surface area contributed by atoms with E-state index in [2.05, 4.69) is 0 Å². The van der Waals surface area contributed by atoms with Crippen molar-refractivity contribution in [2.75, 3.05) is 21.1 Å². The zero-order valence-corrected chi connectivity index (χ0v) is 11.4. The normalized spacial score (nSPS) is 22.9. The number of rotatable bonds is 2. The zero-order valence-electron chi connectivity index (χ0n) is 10.6. The molecule has 1 unspecified atom stereocenters. The standard InChI is InChI=1S/C10H19ClN3O2/c1-7(14(4,5)6)12-8(15)10(2,3)13(11)9(12)16/h7H,1-6H3/q+1. The van der Waals surface area contributed by atoms with Crippen molar-refractivity contribution in [2.45, 2.75) is 32.5 Å². The van der Waals surface area contributed by atoms with Gasteiger partial charge in [0.15, 0.2) is 6.17 Å². The number of carbonyl (C=O) groups excluding carboxylic acids is 2. The van der Waals surface area contributed by atoms with E-state index in [1.807, 2.05) is 28.1 Å². The van der Waals surface area contributed by atoms with Gasteiger partial charge in [-0.2, -0.15) is 0 Å². The number of nitrogens with zero attached hydrogens (tertiary/aromatic N) is 3. The molecule has 1 saturated heterocycles. The maximum Gasteiger partial charge on any atom is 0.347 e. The molecular formula is C10H19ClN3O2+. The Bertz CT molecular complexity index is 335. The topological polar surface area (TPSA) is 40.6 Å². The molecule has 6 heteroatoms. The van der Waals surface area contributed by atoms with Gasteiger partial charge in [0.25, 0.3) is 5.91 Å². The van der Waals surface area contributed by atoms with E-state index in [-0.39, 0.29) is 12.1 Å². The third-order valence-corrected chi connectivity index (χ3v) is 3.67. The Kier molecular flexibility index (Phi) is 2.98. The van der Waals surface area contributed by atoms with Crippen LogP contribution in [0.5, 0.6) is 0 Å². The number of imide groups is 1. The van der Waals surface area contributed by atoms with E-state index in [4.69, 9.17) is 11.8 Å². The fourth-order valence-electron chi connectivity index (χ4n) is 1.48. The third kappa shape index (κ3) is 1.78. The van der Waals surface area contributed by atoms with E-state index in [0.717, 1.165) is 4.42 Å². The molecular weight excluding hydrogens is 230 g/mol. The van der Waals surface area contributed by atoms with Crippen LogP contribution in [0.3, 0.4) is 0 Å². The van der Waals surface area contributed by atoms with Gasteiger partial charge in [0.1, 0.15) is 5.54 Å². The second-order valence-corrected chi connectivity index (χ2v) is 5.88. The average Bonchev–Trinajstić information content (AvgIpc) is 2.27. The van der Waals surface area contributed by atoms with Gasteiger partial charge in [-0.15, -0.1) is 0 Å². The summed E-state index contributed by atoms with van der Waals surface area (Å²) in [6.45, 7) is 5.12. The molecule has 0 bridgehead atoms. The van der Waals surface area contributed by atoms with Crippen molar-refractivity contribution in [1.29, 1.82) is 0 Å². The first-order chi connectivity index (χ1) is 7.01. The maximum absolute atomic E-state index is 12.1. The molecule has 0 N–H and O–H groups in total. The minimum absolute atomic E-state index is 0.247. The van der Waals surface area contributed by atoms with Crippen molar-refractivity contribution in [2.24, 2.45) is 0 Å². The van der Waals surface area contributed by atoms with Gasteiger partial charge in [-0.3, -0.25) is 4.79 Å². The minimum Gasteiger partial charge on any atom is -0.311 e. The smallest absolute Gasteiger partial charge is 0.311 e. The predicted molar refractivity (Wildman–Crippen MR) is 61.5 cm³/mol. The van der Waals surface area contributed by atoms with E-state index < -0.39 is 11.6 Å². The number of hydrogen-bond donors (Lipinski definition) is 0. The Hall–Kier alpha value is -0.810. The maximum atomic E-state index is 12.1. The number of hydrogen-bond acceptors (Lipinski definition) is 2. The van der Waals surface area contributed by atoms with Gasteiger partial charge < -0.3 is 4.48 Å².